The van der Waals surface area contributed by atoms with Crippen molar-refractivity contribution in [1.29, 1.82) is 0 Å². The largest absolute Gasteiger partial charge is 0.495 e. The van der Waals surface area contributed by atoms with Crippen molar-refractivity contribution in [2.45, 2.75) is 18.7 Å². The predicted molar refractivity (Wildman–Crippen MR) is 101 cm³/mol. The zero-order valence-electron chi connectivity index (χ0n) is 14.8. The quantitative estimate of drug-likeness (QED) is 0.789. The summed E-state index contributed by atoms with van der Waals surface area (Å²) >= 11 is 0. The number of carbonyl (C=O) groups is 1. The molecule has 26 heavy (non-hydrogen) atoms. The van der Waals surface area contributed by atoms with Gasteiger partial charge in [-0.1, -0.05) is 17.9 Å². The first-order valence-corrected chi connectivity index (χ1v) is 9.31. The fourth-order valence-electron chi connectivity index (χ4n) is 2.19. The van der Waals surface area contributed by atoms with E-state index in [1.807, 2.05) is 6.92 Å². The van der Waals surface area contributed by atoms with E-state index in [9.17, 15) is 13.2 Å². The van der Waals surface area contributed by atoms with Crippen molar-refractivity contribution in [3.63, 3.8) is 0 Å². The molecule has 0 fully saturated rings. The van der Waals surface area contributed by atoms with Crippen LogP contribution in [0.2, 0.25) is 0 Å². The number of carbonyl (C=O) groups excluding carboxylic acids is 1. The molecular formula is C19H20N2O4S. The van der Waals surface area contributed by atoms with Crippen LogP contribution in [0.1, 0.15) is 18.1 Å². The zero-order chi connectivity index (χ0) is 19.2. The zero-order valence-corrected chi connectivity index (χ0v) is 15.6. The van der Waals surface area contributed by atoms with E-state index >= 15 is 0 Å². The topological polar surface area (TPSA) is 84.5 Å². The van der Waals surface area contributed by atoms with Crippen LogP contribution < -0.4 is 14.8 Å². The number of aryl methyl sites for hydroxylation is 1. The molecule has 136 valence electrons. The Labute approximate surface area is 153 Å². The molecule has 0 spiro atoms. The van der Waals surface area contributed by atoms with E-state index in [0.29, 0.717) is 11.3 Å². The average Bonchev–Trinajstić information content (AvgIpc) is 2.59. The number of nitrogens with one attached hydrogen (secondary N) is 2. The maximum absolute atomic E-state index is 12.4. The number of ether oxygens (including phenoxy) is 1. The summed E-state index contributed by atoms with van der Waals surface area (Å²) in [5, 5.41) is 2.66. The van der Waals surface area contributed by atoms with Crippen molar-refractivity contribution < 1.29 is 17.9 Å². The second kappa shape index (κ2) is 8.52. The molecule has 0 saturated heterocycles. The molecule has 0 heterocycles. The van der Waals surface area contributed by atoms with Crippen LogP contribution >= 0.6 is 0 Å². The van der Waals surface area contributed by atoms with Crippen molar-refractivity contribution in [2.75, 3.05) is 19.0 Å². The van der Waals surface area contributed by atoms with E-state index in [-0.39, 0.29) is 23.1 Å². The lowest BCUT2D eigenvalue weighted by molar-refractivity contribution is -0.114. The first-order valence-electron chi connectivity index (χ1n) is 7.82. The minimum Gasteiger partial charge on any atom is -0.495 e. The maximum atomic E-state index is 12.4. The Morgan fingerprint density at radius 2 is 1.85 bits per heavy atom. The van der Waals surface area contributed by atoms with Crippen molar-refractivity contribution >= 4 is 21.6 Å². The molecule has 0 aliphatic heterocycles. The molecule has 0 aliphatic rings. The van der Waals surface area contributed by atoms with Gasteiger partial charge in [-0.15, -0.1) is 0 Å². The van der Waals surface area contributed by atoms with Gasteiger partial charge in [0.05, 0.1) is 13.7 Å². The molecule has 0 bridgehead atoms. The Balaban J connectivity index is 2.05. The first-order chi connectivity index (χ1) is 12.3. The molecule has 0 unspecified atom stereocenters. The lowest BCUT2D eigenvalue weighted by Gasteiger charge is -2.10. The molecule has 2 aromatic rings. The van der Waals surface area contributed by atoms with E-state index in [4.69, 9.17) is 4.74 Å². The van der Waals surface area contributed by atoms with Crippen LogP contribution in [0.5, 0.6) is 5.75 Å². The summed E-state index contributed by atoms with van der Waals surface area (Å²) in [6, 6.07) is 11.9. The number of amides is 1. The number of rotatable bonds is 5. The van der Waals surface area contributed by atoms with Crippen molar-refractivity contribution in [2.24, 2.45) is 0 Å². The molecule has 0 radical (unpaired) electrons. The highest BCUT2D eigenvalue weighted by Crippen LogP contribution is 2.24. The minimum absolute atomic E-state index is 0.0348. The predicted octanol–water partition coefficient (Wildman–Crippen LogP) is 2.29. The second-order valence-corrected chi connectivity index (χ2v) is 7.27. The number of hydrogen-bond donors (Lipinski definition) is 2. The third-order valence-electron chi connectivity index (χ3n) is 3.40. The summed E-state index contributed by atoms with van der Waals surface area (Å²) < 4.78 is 32.4. The van der Waals surface area contributed by atoms with Crippen molar-refractivity contribution in [1.82, 2.24) is 4.72 Å². The summed E-state index contributed by atoms with van der Waals surface area (Å²) in [6.45, 7) is 3.21. The molecule has 2 aromatic carbocycles. The van der Waals surface area contributed by atoms with Gasteiger partial charge in [0.1, 0.15) is 10.6 Å². The van der Waals surface area contributed by atoms with Crippen LogP contribution in [0.25, 0.3) is 0 Å². The van der Waals surface area contributed by atoms with Crippen LogP contribution in [-0.2, 0) is 14.8 Å². The maximum Gasteiger partial charge on any atom is 0.245 e. The molecule has 1 amide bonds. The van der Waals surface area contributed by atoms with E-state index in [0.717, 1.165) is 5.56 Å². The van der Waals surface area contributed by atoms with Gasteiger partial charge >= 0.3 is 0 Å². The van der Waals surface area contributed by atoms with Gasteiger partial charge in [-0.25, -0.2) is 8.42 Å². The summed E-state index contributed by atoms with van der Waals surface area (Å²) in [5.74, 6) is 5.77. The molecular weight excluding hydrogens is 352 g/mol. The van der Waals surface area contributed by atoms with Gasteiger partial charge in [0.2, 0.25) is 15.9 Å². The normalized spacial score (nSPS) is 10.6. The second-order valence-electron chi connectivity index (χ2n) is 5.54. The Kier molecular flexibility index (Phi) is 6.39. The van der Waals surface area contributed by atoms with Crippen LogP contribution in [0, 0.1) is 18.8 Å². The molecule has 0 saturated carbocycles. The van der Waals surface area contributed by atoms with E-state index in [2.05, 4.69) is 21.9 Å². The lowest BCUT2D eigenvalue weighted by Crippen LogP contribution is -2.24. The molecule has 2 rings (SSSR count). The highest BCUT2D eigenvalue weighted by atomic mass is 32.2. The monoisotopic (exact) mass is 372 g/mol. The Morgan fingerprint density at radius 1 is 1.15 bits per heavy atom. The third kappa shape index (κ3) is 5.34. The highest BCUT2D eigenvalue weighted by Gasteiger charge is 2.18. The van der Waals surface area contributed by atoms with E-state index in [1.165, 1.54) is 14.0 Å². The average molecular weight is 372 g/mol. The van der Waals surface area contributed by atoms with E-state index < -0.39 is 10.0 Å². The summed E-state index contributed by atoms with van der Waals surface area (Å²) in [6.07, 6.45) is 0. The summed E-state index contributed by atoms with van der Waals surface area (Å²) in [4.78, 5) is 11.1. The molecule has 2 N–H and O–H groups in total. The number of sulfonamides is 1. The fraction of sp³-hybridized carbons (Fsp3) is 0.211. The van der Waals surface area contributed by atoms with E-state index in [1.54, 1.807) is 42.5 Å². The molecule has 6 nitrogen and oxygen atoms in total. The Morgan fingerprint density at radius 3 is 2.46 bits per heavy atom. The standard InChI is InChI=1S/C19H20N2O4S/c1-14-6-11-18(25-3)19(13-14)26(23,24)20-12-4-5-16-7-9-17(10-8-16)21-15(2)22/h6-11,13,20H,12H2,1-3H3,(H,21,22). The van der Waals surface area contributed by atoms with Gasteiger partial charge in [0.15, 0.2) is 0 Å². The summed E-state index contributed by atoms with van der Waals surface area (Å²) in [7, 11) is -2.30. The van der Waals surface area contributed by atoms with Gasteiger partial charge in [-0.05, 0) is 48.9 Å². The Bertz CT molecular complexity index is 955. The van der Waals surface area contributed by atoms with Gasteiger partial charge in [-0.3, -0.25) is 4.79 Å². The number of hydrogen-bond acceptors (Lipinski definition) is 4. The summed E-state index contributed by atoms with van der Waals surface area (Å²) in [5.41, 5.74) is 2.21. The first kappa shape index (κ1) is 19.5. The van der Waals surface area contributed by atoms with Crippen LogP contribution in [0.3, 0.4) is 0 Å². The molecule has 0 aromatic heterocycles. The van der Waals surface area contributed by atoms with Crippen LogP contribution in [0.15, 0.2) is 47.4 Å². The smallest absolute Gasteiger partial charge is 0.245 e. The van der Waals surface area contributed by atoms with Gasteiger partial charge in [-0.2, -0.15) is 4.72 Å². The lowest BCUT2D eigenvalue weighted by atomic mass is 10.2. The Hall–Kier alpha value is -2.82. The van der Waals surface area contributed by atoms with Gasteiger partial charge in [0, 0.05) is 18.2 Å². The van der Waals surface area contributed by atoms with Crippen molar-refractivity contribution in [3.05, 3.63) is 53.6 Å². The van der Waals surface area contributed by atoms with Crippen LogP contribution in [-0.4, -0.2) is 28.0 Å². The fourth-order valence-corrected chi connectivity index (χ4v) is 3.36. The third-order valence-corrected chi connectivity index (χ3v) is 4.82. The van der Waals surface area contributed by atoms with Crippen molar-refractivity contribution in [3.8, 4) is 17.6 Å². The molecule has 0 atom stereocenters. The SMILES string of the molecule is COc1ccc(C)cc1S(=O)(=O)NCC#Cc1ccc(NC(C)=O)cc1. The minimum atomic E-state index is -3.73. The number of methoxy groups -OCH3 is 1. The number of anilines is 1. The molecule has 7 heteroatoms. The number of benzene rings is 2. The van der Waals surface area contributed by atoms with Gasteiger partial charge in [0.25, 0.3) is 0 Å². The highest BCUT2D eigenvalue weighted by molar-refractivity contribution is 7.89. The molecule has 0 aliphatic carbocycles. The van der Waals surface area contributed by atoms with Crippen LogP contribution in [0.4, 0.5) is 5.69 Å². The van der Waals surface area contributed by atoms with Gasteiger partial charge < -0.3 is 10.1 Å².